The predicted molar refractivity (Wildman–Crippen MR) is 103 cm³/mol. The summed E-state index contributed by atoms with van der Waals surface area (Å²) in [6.07, 6.45) is 5.42. The monoisotopic (exact) mass is 348 g/mol. The van der Waals surface area contributed by atoms with E-state index < -0.39 is 0 Å². The van der Waals surface area contributed by atoms with Crippen LogP contribution in [0, 0.1) is 0 Å². The fraction of sp³-hybridized carbons (Fsp3) is 0.238. The lowest BCUT2D eigenvalue weighted by molar-refractivity contribution is 0.191. The van der Waals surface area contributed by atoms with Gasteiger partial charge in [0.15, 0.2) is 0 Å². The molecule has 0 bridgehead atoms. The van der Waals surface area contributed by atoms with Gasteiger partial charge in [0, 0.05) is 25.1 Å². The molecular formula is C21H24N4O. The highest BCUT2D eigenvalue weighted by atomic mass is 16.2. The highest BCUT2D eigenvalue weighted by Crippen LogP contribution is 2.20. The van der Waals surface area contributed by atoms with Crippen molar-refractivity contribution in [3.05, 3.63) is 84.4 Å². The molecule has 0 aliphatic heterocycles. The van der Waals surface area contributed by atoms with Crippen LogP contribution in [-0.4, -0.2) is 27.5 Å². The molecule has 0 spiro atoms. The summed E-state index contributed by atoms with van der Waals surface area (Å²) in [6.45, 7) is 4.02. The minimum absolute atomic E-state index is 0.00650. The molecule has 0 saturated heterocycles. The number of carbonyl (C=O) groups is 1. The molecule has 3 rings (SSSR count). The van der Waals surface area contributed by atoms with Crippen LogP contribution < -0.4 is 5.32 Å². The van der Waals surface area contributed by atoms with Crippen LogP contribution in [0.4, 0.5) is 4.79 Å². The van der Waals surface area contributed by atoms with E-state index in [1.165, 1.54) is 0 Å². The van der Waals surface area contributed by atoms with Gasteiger partial charge in [0.1, 0.15) is 0 Å². The number of imidazole rings is 1. The third kappa shape index (κ3) is 3.94. The van der Waals surface area contributed by atoms with E-state index in [9.17, 15) is 4.79 Å². The summed E-state index contributed by atoms with van der Waals surface area (Å²) >= 11 is 0. The number of rotatable bonds is 5. The largest absolute Gasteiger partial charge is 0.331 e. The van der Waals surface area contributed by atoms with Crippen molar-refractivity contribution in [1.29, 1.82) is 0 Å². The van der Waals surface area contributed by atoms with Crippen molar-refractivity contribution in [2.24, 2.45) is 0 Å². The number of benzene rings is 2. The summed E-state index contributed by atoms with van der Waals surface area (Å²) in [5.41, 5.74) is 3.21. The topological polar surface area (TPSA) is 50.2 Å². The van der Waals surface area contributed by atoms with Crippen LogP contribution in [0.15, 0.2) is 73.3 Å². The summed E-state index contributed by atoms with van der Waals surface area (Å²) in [5, 5.41) is 3.07. The molecule has 1 N–H and O–H groups in total. The van der Waals surface area contributed by atoms with Gasteiger partial charge >= 0.3 is 6.03 Å². The van der Waals surface area contributed by atoms with E-state index in [1.54, 1.807) is 17.4 Å². The highest BCUT2D eigenvalue weighted by molar-refractivity contribution is 5.75. The van der Waals surface area contributed by atoms with Crippen molar-refractivity contribution in [2.45, 2.75) is 25.9 Å². The van der Waals surface area contributed by atoms with Crippen LogP contribution >= 0.6 is 0 Å². The lowest BCUT2D eigenvalue weighted by Crippen LogP contribution is -2.39. The van der Waals surface area contributed by atoms with Gasteiger partial charge in [-0.15, -0.1) is 0 Å². The second-order valence-electron chi connectivity index (χ2n) is 6.43. The van der Waals surface area contributed by atoms with Crippen molar-refractivity contribution >= 4 is 6.03 Å². The van der Waals surface area contributed by atoms with E-state index in [2.05, 4.69) is 10.3 Å². The smallest absolute Gasteiger partial charge is 0.318 e. The van der Waals surface area contributed by atoms with Crippen LogP contribution in [0.2, 0.25) is 0 Å². The number of aromatic nitrogens is 2. The minimum atomic E-state index is -0.0902. The molecule has 0 fully saturated rings. The first-order valence-corrected chi connectivity index (χ1v) is 8.73. The fourth-order valence-corrected chi connectivity index (χ4v) is 2.85. The Kier molecular flexibility index (Phi) is 5.37. The lowest BCUT2D eigenvalue weighted by Gasteiger charge is -2.27. The molecule has 2 atom stereocenters. The summed E-state index contributed by atoms with van der Waals surface area (Å²) in [7, 11) is 1.82. The van der Waals surface area contributed by atoms with E-state index in [0.29, 0.717) is 0 Å². The van der Waals surface area contributed by atoms with Crippen molar-refractivity contribution in [1.82, 2.24) is 19.8 Å². The number of amides is 2. The predicted octanol–water partition coefficient (Wildman–Crippen LogP) is 4.34. The van der Waals surface area contributed by atoms with Crippen LogP contribution in [0.3, 0.4) is 0 Å². The maximum Gasteiger partial charge on any atom is 0.318 e. The highest BCUT2D eigenvalue weighted by Gasteiger charge is 2.19. The molecular weight excluding hydrogens is 324 g/mol. The number of carbonyl (C=O) groups excluding carboxylic acids is 1. The first kappa shape index (κ1) is 17.7. The third-order valence-corrected chi connectivity index (χ3v) is 4.72. The first-order chi connectivity index (χ1) is 12.6. The second-order valence-corrected chi connectivity index (χ2v) is 6.43. The molecule has 0 aliphatic carbocycles. The van der Waals surface area contributed by atoms with Gasteiger partial charge in [0.25, 0.3) is 0 Å². The molecule has 134 valence electrons. The van der Waals surface area contributed by atoms with Gasteiger partial charge in [-0.25, -0.2) is 9.78 Å². The zero-order chi connectivity index (χ0) is 18.5. The Hall–Kier alpha value is -3.08. The van der Waals surface area contributed by atoms with Gasteiger partial charge in [-0.3, -0.25) is 0 Å². The van der Waals surface area contributed by atoms with Crippen molar-refractivity contribution in [3.8, 4) is 5.69 Å². The zero-order valence-corrected chi connectivity index (χ0v) is 15.3. The summed E-state index contributed by atoms with van der Waals surface area (Å²) in [6, 6.07) is 18.0. The lowest BCUT2D eigenvalue weighted by atomic mass is 10.1. The number of hydrogen-bond acceptors (Lipinski definition) is 2. The number of nitrogens with zero attached hydrogens (tertiary/aromatic N) is 3. The molecule has 5 nitrogen and oxygen atoms in total. The maximum atomic E-state index is 12.6. The van der Waals surface area contributed by atoms with Crippen LogP contribution in [-0.2, 0) is 0 Å². The van der Waals surface area contributed by atoms with E-state index in [4.69, 9.17) is 0 Å². The standard InChI is InChI=1S/C21H24N4O/c1-16(18-9-11-20(12-10-18)25-14-13-22-15-25)23-21(26)24(3)17(2)19-7-5-4-6-8-19/h4-17H,1-3H3,(H,23,26)/t16-,17+/m1/s1. The average Bonchev–Trinajstić information content (AvgIpc) is 3.22. The quantitative estimate of drug-likeness (QED) is 0.746. The number of urea groups is 1. The molecule has 1 aromatic heterocycles. The Bertz CT molecular complexity index is 828. The van der Waals surface area contributed by atoms with E-state index in [1.807, 2.05) is 86.3 Å². The Morgan fingerprint density at radius 1 is 1.04 bits per heavy atom. The maximum absolute atomic E-state index is 12.6. The van der Waals surface area contributed by atoms with Crippen molar-refractivity contribution < 1.29 is 4.79 Å². The summed E-state index contributed by atoms with van der Waals surface area (Å²) in [4.78, 5) is 18.4. The molecule has 26 heavy (non-hydrogen) atoms. The van der Waals surface area contributed by atoms with Crippen LogP contribution in [0.25, 0.3) is 5.69 Å². The van der Waals surface area contributed by atoms with Gasteiger partial charge in [-0.1, -0.05) is 42.5 Å². The minimum Gasteiger partial charge on any atom is -0.331 e. The van der Waals surface area contributed by atoms with Gasteiger partial charge in [-0.2, -0.15) is 0 Å². The van der Waals surface area contributed by atoms with Crippen molar-refractivity contribution in [2.75, 3.05) is 7.05 Å². The molecule has 2 aromatic carbocycles. The summed E-state index contributed by atoms with van der Waals surface area (Å²) in [5.74, 6) is 0. The molecule has 5 heteroatoms. The van der Waals surface area contributed by atoms with Crippen molar-refractivity contribution in [3.63, 3.8) is 0 Å². The van der Waals surface area contributed by atoms with Crippen LogP contribution in [0.5, 0.6) is 0 Å². The Labute approximate surface area is 154 Å². The average molecular weight is 348 g/mol. The zero-order valence-electron chi connectivity index (χ0n) is 15.3. The number of nitrogens with one attached hydrogen (secondary N) is 1. The third-order valence-electron chi connectivity index (χ3n) is 4.72. The van der Waals surface area contributed by atoms with Gasteiger partial charge < -0.3 is 14.8 Å². The first-order valence-electron chi connectivity index (χ1n) is 8.73. The van der Waals surface area contributed by atoms with E-state index in [0.717, 1.165) is 16.8 Å². The molecule has 0 aliphatic rings. The normalized spacial score (nSPS) is 13.0. The van der Waals surface area contributed by atoms with Gasteiger partial charge in [0.2, 0.25) is 0 Å². The molecule has 2 amide bonds. The molecule has 0 saturated carbocycles. The van der Waals surface area contributed by atoms with Crippen LogP contribution in [0.1, 0.15) is 37.1 Å². The SMILES string of the molecule is C[C@@H](NC(=O)N(C)[C@@H](C)c1ccccc1)c1ccc(-n2ccnc2)cc1. The van der Waals surface area contributed by atoms with Gasteiger partial charge in [0.05, 0.1) is 18.4 Å². The van der Waals surface area contributed by atoms with E-state index >= 15 is 0 Å². The Morgan fingerprint density at radius 2 is 1.73 bits per heavy atom. The molecule has 0 radical (unpaired) electrons. The van der Waals surface area contributed by atoms with Gasteiger partial charge in [-0.05, 0) is 37.1 Å². The molecule has 3 aromatic rings. The van der Waals surface area contributed by atoms with E-state index in [-0.39, 0.29) is 18.1 Å². The fourth-order valence-electron chi connectivity index (χ4n) is 2.85. The summed E-state index contributed by atoms with van der Waals surface area (Å²) < 4.78 is 1.95. The molecule has 0 unspecified atom stereocenters. The molecule has 1 heterocycles. The number of hydrogen-bond donors (Lipinski definition) is 1. The second kappa shape index (κ2) is 7.87. The Morgan fingerprint density at radius 3 is 2.35 bits per heavy atom. The Balaban J connectivity index is 1.63.